The molecule has 2 atom stereocenters. The zero-order chi connectivity index (χ0) is 20.0. The molecule has 3 aromatic rings. The van der Waals surface area contributed by atoms with Gasteiger partial charge in [-0.2, -0.15) is 5.06 Å². The van der Waals surface area contributed by atoms with Gasteiger partial charge in [0.05, 0.1) is 11.7 Å². The van der Waals surface area contributed by atoms with Crippen LogP contribution in [-0.4, -0.2) is 33.4 Å². The average Bonchev–Trinajstić information content (AvgIpc) is 3.27. The van der Waals surface area contributed by atoms with E-state index in [1.807, 2.05) is 0 Å². The van der Waals surface area contributed by atoms with E-state index >= 15 is 0 Å². The van der Waals surface area contributed by atoms with Crippen LogP contribution in [0.25, 0.3) is 11.0 Å². The van der Waals surface area contributed by atoms with E-state index in [9.17, 15) is 9.60 Å². The molecule has 2 aliphatic rings. The SMILES string of the molecule is CCCC1c2ccccc2C(N2CCC(c3noc4cc(F)ccc34)CC2)N1O.Cl.Cl. The first-order valence-electron chi connectivity index (χ1n) is 10.5. The Hall–Kier alpha value is -1.70. The molecule has 1 fully saturated rings. The Kier molecular flexibility index (Phi) is 7.60. The summed E-state index contributed by atoms with van der Waals surface area (Å²) in [4.78, 5) is 2.37. The maximum Gasteiger partial charge on any atom is 0.170 e. The molecule has 0 amide bonds. The van der Waals surface area contributed by atoms with Crippen LogP contribution in [0, 0.1) is 5.82 Å². The van der Waals surface area contributed by atoms with E-state index < -0.39 is 0 Å². The number of fused-ring (bicyclic) bond motifs is 2. The zero-order valence-electron chi connectivity index (χ0n) is 17.4. The van der Waals surface area contributed by atoms with Gasteiger partial charge in [-0.25, -0.2) is 4.39 Å². The standard InChI is InChI=1S/C23H26FN3O2.2ClH/c1-2-5-20-17-6-3-4-7-18(17)23(27(20)28)26-12-10-15(11-13-26)22-19-9-8-16(24)14-21(19)29-25-22;;/h3-4,6-9,14-15,20,23,28H,2,5,10-13H2,1H3;2*1H. The molecule has 0 saturated carbocycles. The fraction of sp³-hybridized carbons (Fsp3) is 0.435. The van der Waals surface area contributed by atoms with Gasteiger partial charge >= 0.3 is 0 Å². The van der Waals surface area contributed by atoms with Crippen molar-refractivity contribution in [2.75, 3.05) is 13.1 Å². The Balaban J connectivity index is 0.00000136. The molecule has 3 heterocycles. The number of hydrogen-bond acceptors (Lipinski definition) is 5. The molecule has 2 aromatic carbocycles. The van der Waals surface area contributed by atoms with Crippen LogP contribution in [0.5, 0.6) is 0 Å². The average molecular weight is 468 g/mol. The van der Waals surface area contributed by atoms with Crippen molar-refractivity contribution < 1.29 is 14.1 Å². The van der Waals surface area contributed by atoms with Crippen molar-refractivity contribution >= 4 is 35.8 Å². The van der Waals surface area contributed by atoms with E-state index in [0.717, 1.165) is 49.9 Å². The monoisotopic (exact) mass is 467 g/mol. The van der Waals surface area contributed by atoms with Crippen LogP contribution in [0.4, 0.5) is 4.39 Å². The lowest BCUT2D eigenvalue weighted by atomic mass is 9.91. The number of hydrogen-bond donors (Lipinski definition) is 1. The molecule has 31 heavy (non-hydrogen) atoms. The van der Waals surface area contributed by atoms with Gasteiger partial charge in [-0.05, 0) is 42.5 Å². The van der Waals surface area contributed by atoms with Crippen LogP contribution in [-0.2, 0) is 0 Å². The molecule has 2 unspecified atom stereocenters. The van der Waals surface area contributed by atoms with Crippen molar-refractivity contribution in [1.29, 1.82) is 0 Å². The fourth-order valence-corrected chi connectivity index (χ4v) is 5.07. The van der Waals surface area contributed by atoms with E-state index in [1.165, 1.54) is 23.3 Å². The van der Waals surface area contributed by atoms with Crippen LogP contribution in [0.2, 0.25) is 0 Å². The van der Waals surface area contributed by atoms with Gasteiger partial charge in [0.15, 0.2) is 5.58 Å². The molecule has 0 aliphatic carbocycles. The van der Waals surface area contributed by atoms with Crippen molar-refractivity contribution in [2.45, 2.75) is 50.7 Å². The summed E-state index contributed by atoms with van der Waals surface area (Å²) in [5, 5.41) is 17.7. The predicted molar refractivity (Wildman–Crippen MR) is 122 cm³/mol. The number of hydroxylamine groups is 2. The highest BCUT2D eigenvalue weighted by molar-refractivity contribution is 5.85. The highest BCUT2D eigenvalue weighted by Crippen LogP contribution is 2.46. The minimum absolute atomic E-state index is 0. The number of aromatic nitrogens is 1. The van der Waals surface area contributed by atoms with Crippen LogP contribution in [0.3, 0.4) is 0 Å². The van der Waals surface area contributed by atoms with Crippen LogP contribution in [0.15, 0.2) is 47.0 Å². The first-order valence-corrected chi connectivity index (χ1v) is 10.5. The maximum absolute atomic E-state index is 13.4. The molecule has 168 valence electrons. The van der Waals surface area contributed by atoms with Crippen LogP contribution in [0.1, 0.15) is 67.6 Å². The molecule has 5 rings (SSSR count). The van der Waals surface area contributed by atoms with Crippen molar-refractivity contribution in [3.63, 3.8) is 0 Å². The Bertz CT molecular complexity index is 1020. The van der Waals surface area contributed by atoms with Crippen molar-refractivity contribution in [2.24, 2.45) is 0 Å². The predicted octanol–water partition coefficient (Wildman–Crippen LogP) is 6.23. The molecular formula is C23H28Cl2FN3O2. The molecule has 1 aromatic heterocycles. The summed E-state index contributed by atoms with van der Waals surface area (Å²) in [6.07, 6.45) is 3.76. The second-order valence-electron chi connectivity index (χ2n) is 8.21. The van der Waals surface area contributed by atoms with Gasteiger partial charge in [0.25, 0.3) is 0 Å². The lowest BCUT2D eigenvalue weighted by Gasteiger charge is -2.38. The molecule has 5 nitrogen and oxygen atoms in total. The highest BCUT2D eigenvalue weighted by Gasteiger charge is 2.41. The minimum atomic E-state index is -0.306. The number of likely N-dealkylation sites (tertiary alicyclic amines) is 1. The van der Waals surface area contributed by atoms with Gasteiger partial charge in [-0.3, -0.25) is 4.90 Å². The van der Waals surface area contributed by atoms with E-state index in [4.69, 9.17) is 4.52 Å². The summed E-state index contributed by atoms with van der Waals surface area (Å²) >= 11 is 0. The molecule has 0 spiro atoms. The Morgan fingerprint density at radius 1 is 1.10 bits per heavy atom. The number of rotatable bonds is 4. The minimum Gasteiger partial charge on any atom is -0.356 e. The quantitative estimate of drug-likeness (QED) is 0.492. The largest absolute Gasteiger partial charge is 0.356 e. The Morgan fingerprint density at radius 2 is 1.81 bits per heavy atom. The van der Waals surface area contributed by atoms with Crippen molar-refractivity contribution in [1.82, 2.24) is 15.1 Å². The topological polar surface area (TPSA) is 52.7 Å². The number of benzene rings is 2. The second kappa shape index (κ2) is 9.84. The van der Waals surface area contributed by atoms with E-state index in [0.29, 0.717) is 5.58 Å². The maximum atomic E-state index is 13.4. The number of nitrogens with zero attached hydrogens (tertiary/aromatic N) is 3. The van der Waals surface area contributed by atoms with Gasteiger partial charge in [0, 0.05) is 30.5 Å². The van der Waals surface area contributed by atoms with Crippen LogP contribution < -0.4 is 0 Å². The van der Waals surface area contributed by atoms with E-state index in [2.05, 4.69) is 41.2 Å². The van der Waals surface area contributed by atoms with E-state index in [1.54, 1.807) is 11.1 Å². The highest BCUT2D eigenvalue weighted by atomic mass is 35.5. The van der Waals surface area contributed by atoms with Crippen LogP contribution >= 0.6 is 24.8 Å². The summed E-state index contributed by atoms with van der Waals surface area (Å²) in [5.41, 5.74) is 3.90. The lowest BCUT2D eigenvalue weighted by molar-refractivity contribution is -0.196. The van der Waals surface area contributed by atoms with Gasteiger partial charge in [-0.1, -0.05) is 42.8 Å². The normalized spacial score (nSPS) is 22.2. The van der Waals surface area contributed by atoms with Crippen molar-refractivity contribution in [3.05, 3.63) is 65.1 Å². The third kappa shape index (κ3) is 4.20. The molecule has 8 heteroatoms. The first-order chi connectivity index (χ1) is 14.2. The molecule has 0 radical (unpaired) electrons. The third-order valence-electron chi connectivity index (χ3n) is 6.49. The van der Waals surface area contributed by atoms with Crippen molar-refractivity contribution in [3.8, 4) is 0 Å². The Morgan fingerprint density at radius 3 is 2.52 bits per heavy atom. The lowest BCUT2D eigenvalue weighted by Crippen LogP contribution is -2.41. The third-order valence-corrected chi connectivity index (χ3v) is 6.49. The van der Waals surface area contributed by atoms with E-state index in [-0.39, 0.29) is 48.8 Å². The van der Waals surface area contributed by atoms with Gasteiger partial charge in [0.1, 0.15) is 12.0 Å². The molecular weight excluding hydrogens is 440 g/mol. The molecule has 0 bridgehead atoms. The summed E-state index contributed by atoms with van der Waals surface area (Å²) in [5.74, 6) is -0.0206. The first kappa shape index (κ1) is 24.0. The summed E-state index contributed by atoms with van der Waals surface area (Å²) in [6.45, 7) is 3.90. The zero-order valence-corrected chi connectivity index (χ0v) is 19.0. The number of halogens is 3. The smallest absolute Gasteiger partial charge is 0.170 e. The summed E-state index contributed by atoms with van der Waals surface area (Å²) < 4.78 is 18.8. The van der Waals surface area contributed by atoms with Gasteiger partial charge < -0.3 is 9.73 Å². The van der Waals surface area contributed by atoms with Gasteiger partial charge in [-0.15, -0.1) is 24.8 Å². The number of piperidine rings is 1. The Labute approximate surface area is 194 Å². The second-order valence-corrected chi connectivity index (χ2v) is 8.21. The molecule has 1 N–H and O–H groups in total. The molecule has 1 saturated heterocycles. The fourth-order valence-electron chi connectivity index (χ4n) is 5.07. The van der Waals surface area contributed by atoms with Gasteiger partial charge in [0.2, 0.25) is 0 Å². The summed E-state index contributed by atoms with van der Waals surface area (Å²) in [6, 6.07) is 13.1. The summed E-state index contributed by atoms with van der Waals surface area (Å²) in [7, 11) is 0. The molecule has 2 aliphatic heterocycles.